The number of nitrogen functional groups attached to an aromatic ring is 1. The second kappa shape index (κ2) is 12.2. The fourth-order valence-corrected chi connectivity index (χ4v) is 6.72. The number of anilines is 2. The number of nitrogens with two attached hydrogens (primary N) is 1. The number of thiazole rings is 1. The van der Waals surface area contributed by atoms with Gasteiger partial charge in [0.15, 0.2) is 15.2 Å². The van der Waals surface area contributed by atoms with E-state index in [9.17, 15) is 24.4 Å². The molecule has 0 aliphatic carbocycles. The van der Waals surface area contributed by atoms with Crippen molar-refractivity contribution in [3.05, 3.63) is 20.6 Å². The number of esters is 2. The number of ether oxygens (including phenoxy) is 2. The van der Waals surface area contributed by atoms with Gasteiger partial charge in [0.2, 0.25) is 11.9 Å². The highest BCUT2D eigenvalue weighted by Gasteiger charge is 2.54. The molecule has 0 spiro atoms. The van der Waals surface area contributed by atoms with Crippen molar-refractivity contribution in [2.75, 3.05) is 24.9 Å². The molecule has 2 atom stereocenters. The number of hydrogen-bond donors (Lipinski definition) is 4. The molecule has 2 aromatic rings. The van der Waals surface area contributed by atoms with Crippen molar-refractivity contribution in [2.45, 2.75) is 50.0 Å². The first-order valence-corrected chi connectivity index (χ1v) is 14.7. The van der Waals surface area contributed by atoms with E-state index in [1.54, 1.807) is 27.8 Å². The van der Waals surface area contributed by atoms with Gasteiger partial charge in [0.1, 0.15) is 21.8 Å². The van der Waals surface area contributed by atoms with Gasteiger partial charge in [-0.25, -0.2) is 9.78 Å². The number of hydrogen-bond acceptors (Lipinski definition) is 16. The fraction of sp³-hybridized carbons (Fsp3) is 0.455. The Hall–Kier alpha value is -3.48. The van der Waals surface area contributed by atoms with Crippen LogP contribution in [0.15, 0.2) is 20.1 Å². The lowest BCUT2D eigenvalue weighted by molar-refractivity contribution is -0.174. The molecule has 0 radical (unpaired) electrons. The van der Waals surface area contributed by atoms with Gasteiger partial charge in [-0.05, 0) is 33.6 Å². The molecule has 19 heteroatoms. The summed E-state index contributed by atoms with van der Waals surface area (Å²) in [5.41, 5.74) is 4.10. The zero-order valence-corrected chi connectivity index (χ0v) is 25.3. The second-order valence-electron chi connectivity index (χ2n) is 9.62. The van der Waals surface area contributed by atoms with E-state index in [-0.39, 0.29) is 20.9 Å². The molecule has 1 saturated heterocycles. The number of rotatable bonds is 9. The largest absolute Gasteiger partial charge is 0.427 e. The lowest BCUT2D eigenvalue weighted by Crippen LogP contribution is -2.72. The van der Waals surface area contributed by atoms with Crippen molar-refractivity contribution in [1.29, 1.82) is 0 Å². The van der Waals surface area contributed by atoms with Gasteiger partial charge in [0.05, 0.1) is 11.5 Å². The third-order valence-corrected chi connectivity index (χ3v) is 9.06. The Kier molecular flexibility index (Phi) is 9.05. The lowest BCUT2D eigenvalue weighted by Gasteiger charge is -2.50. The Morgan fingerprint density at radius 2 is 2.00 bits per heavy atom. The number of carbonyl (C=O) groups excluding carboxylic acids is 4. The first-order chi connectivity index (χ1) is 19.3. The molecule has 0 saturated carbocycles. The summed E-state index contributed by atoms with van der Waals surface area (Å²) >= 11 is 9.34. The van der Waals surface area contributed by atoms with E-state index >= 15 is 0 Å². The molecule has 15 nitrogen and oxygen atoms in total. The van der Waals surface area contributed by atoms with Gasteiger partial charge in [0.25, 0.3) is 11.8 Å². The molecule has 5 N–H and O–H groups in total. The number of nitrogens with one attached hydrogen (secondary N) is 2. The van der Waals surface area contributed by atoms with Gasteiger partial charge in [-0.3, -0.25) is 19.3 Å². The summed E-state index contributed by atoms with van der Waals surface area (Å²) in [6.45, 7) is 4.30. The zero-order valence-electron chi connectivity index (χ0n) is 22.1. The molecule has 2 aromatic heterocycles. The van der Waals surface area contributed by atoms with Crippen molar-refractivity contribution in [3.8, 4) is 0 Å². The van der Waals surface area contributed by atoms with E-state index in [0.29, 0.717) is 27.2 Å². The minimum absolute atomic E-state index is 0.0320. The van der Waals surface area contributed by atoms with Crippen molar-refractivity contribution in [3.63, 3.8) is 0 Å². The average molecular weight is 645 g/mol. The van der Waals surface area contributed by atoms with E-state index in [4.69, 9.17) is 26.8 Å². The highest BCUT2D eigenvalue weighted by Crippen LogP contribution is 2.44. The number of halogens is 1. The summed E-state index contributed by atoms with van der Waals surface area (Å²) in [5, 5.41) is 26.5. The van der Waals surface area contributed by atoms with Gasteiger partial charge in [-0.2, -0.15) is 0 Å². The van der Waals surface area contributed by atoms with Crippen LogP contribution in [0.4, 0.5) is 10.3 Å². The topological polar surface area (TPSA) is 211 Å². The van der Waals surface area contributed by atoms with Crippen LogP contribution in [0.1, 0.15) is 39.3 Å². The molecule has 4 heterocycles. The van der Waals surface area contributed by atoms with Crippen LogP contribution in [0.3, 0.4) is 0 Å². The number of amides is 2. The zero-order chi connectivity index (χ0) is 30.1. The number of oxime groups is 1. The molecule has 2 aliphatic heterocycles. The quantitative estimate of drug-likeness (QED) is 0.0769. The number of carbonyl (C=O) groups is 4. The molecule has 0 bridgehead atoms. The molecule has 1 unspecified atom stereocenters. The Morgan fingerprint density at radius 1 is 1.27 bits per heavy atom. The number of aromatic nitrogens is 3. The second-order valence-corrected chi connectivity index (χ2v) is 13.6. The smallest absolute Gasteiger partial charge is 0.358 e. The minimum atomic E-state index is -1.04. The maximum Gasteiger partial charge on any atom is 0.358 e. The van der Waals surface area contributed by atoms with Gasteiger partial charge < -0.3 is 31.0 Å². The molecular formula is C22H25ClN8O7S3. The van der Waals surface area contributed by atoms with Gasteiger partial charge in [-0.15, -0.1) is 10.2 Å². The van der Waals surface area contributed by atoms with Crippen LogP contribution < -0.4 is 16.4 Å². The normalized spacial score (nSPS) is 18.9. The molecule has 2 amide bonds. The Labute approximate surface area is 250 Å². The molecule has 0 aromatic carbocycles. The third kappa shape index (κ3) is 6.39. The SMILES string of the molecule is CNc1nnc(SC2=C(C(=O)OCOC(=O)C(C)(C)C)N3C(=O)C(NC(=O)/C(=N\O)c4nc(N)sc4Cl)[C@H]3CC2)s1. The predicted molar refractivity (Wildman–Crippen MR) is 151 cm³/mol. The summed E-state index contributed by atoms with van der Waals surface area (Å²) in [5.74, 6) is -2.98. The van der Waals surface area contributed by atoms with Crippen molar-refractivity contribution in [1.82, 2.24) is 25.4 Å². The van der Waals surface area contributed by atoms with Crippen LogP contribution in [0.2, 0.25) is 4.34 Å². The maximum atomic E-state index is 13.3. The van der Waals surface area contributed by atoms with Crippen LogP contribution in [-0.2, 0) is 28.7 Å². The average Bonchev–Trinajstić information content (AvgIpc) is 3.51. The predicted octanol–water partition coefficient (Wildman–Crippen LogP) is 2.03. The highest BCUT2D eigenvalue weighted by molar-refractivity contribution is 8.04. The van der Waals surface area contributed by atoms with E-state index in [2.05, 4.69) is 31.0 Å². The van der Waals surface area contributed by atoms with Gasteiger partial charge >= 0.3 is 11.9 Å². The molecule has 220 valence electrons. The lowest BCUT2D eigenvalue weighted by atomic mass is 9.86. The van der Waals surface area contributed by atoms with E-state index in [0.717, 1.165) is 23.1 Å². The number of allylic oxidation sites excluding steroid dienone is 1. The van der Waals surface area contributed by atoms with Crippen LogP contribution in [0.25, 0.3) is 0 Å². The number of nitrogens with zero attached hydrogens (tertiary/aromatic N) is 5. The molecule has 4 rings (SSSR count). The first kappa shape index (κ1) is 30.5. The number of thioether (sulfide) groups is 1. The van der Waals surface area contributed by atoms with Crippen molar-refractivity contribution in [2.24, 2.45) is 10.6 Å². The highest BCUT2D eigenvalue weighted by atomic mass is 35.5. The van der Waals surface area contributed by atoms with E-state index in [1.807, 2.05) is 0 Å². The van der Waals surface area contributed by atoms with Crippen LogP contribution in [-0.4, -0.2) is 80.7 Å². The Morgan fingerprint density at radius 3 is 2.59 bits per heavy atom. The Balaban J connectivity index is 1.54. The van der Waals surface area contributed by atoms with Crippen LogP contribution >= 0.6 is 46.0 Å². The van der Waals surface area contributed by atoms with E-state index < -0.39 is 53.8 Å². The minimum Gasteiger partial charge on any atom is -0.427 e. The van der Waals surface area contributed by atoms with E-state index in [1.165, 1.54) is 16.2 Å². The molecule has 1 fully saturated rings. The molecule has 2 aliphatic rings. The standard InChI is InChI=1S/C22H25ClN8O7S3/c1-22(2,3)18(35)38-7-37-17(34)13-9(39-21-29-28-20(25-4)41-21)6-5-8-10(16(33)31(8)13)26-15(32)12(30-36)11-14(23)40-19(24)27-11/h8,10,36H,5-7H2,1-4H3,(H2,24,27)(H,25,28)(H,26,32)/b30-12-/t8-,10?/m1/s1. The summed E-state index contributed by atoms with van der Waals surface area (Å²) in [4.78, 5) is 57.2. The maximum absolute atomic E-state index is 13.3. The van der Waals surface area contributed by atoms with Crippen LogP contribution in [0, 0.1) is 5.41 Å². The number of fused-ring (bicyclic) bond motifs is 1. The number of β-lactam (4-membered cyclic amide) rings is 1. The van der Waals surface area contributed by atoms with Gasteiger partial charge in [0, 0.05) is 12.0 Å². The fourth-order valence-electron chi connectivity index (χ4n) is 3.87. The van der Waals surface area contributed by atoms with Crippen molar-refractivity contribution < 1.29 is 33.9 Å². The summed E-state index contributed by atoms with van der Waals surface area (Å²) in [7, 11) is 1.69. The van der Waals surface area contributed by atoms with Crippen LogP contribution in [0.5, 0.6) is 0 Å². The summed E-state index contributed by atoms with van der Waals surface area (Å²) < 4.78 is 10.8. The molecule has 41 heavy (non-hydrogen) atoms. The third-order valence-electron chi connectivity index (χ3n) is 5.84. The summed E-state index contributed by atoms with van der Waals surface area (Å²) in [6.07, 6.45) is 0.712. The summed E-state index contributed by atoms with van der Waals surface area (Å²) in [6, 6.07) is -1.66. The monoisotopic (exact) mass is 644 g/mol. The van der Waals surface area contributed by atoms with Gasteiger partial charge in [-0.1, -0.05) is 51.2 Å². The Bertz CT molecular complexity index is 1450. The van der Waals surface area contributed by atoms with Crippen molar-refractivity contribution >= 4 is 85.8 Å². The first-order valence-electron chi connectivity index (χ1n) is 11.9. The molecular weight excluding hydrogens is 620 g/mol.